The highest BCUT2D eigenvalue weighted by molar-refractivity contribution is 6.46. The molecule has 1 aliphatic heterocycles. The standard InChI is InChI=1S/C31H34N2O5/c1-21(2)38-26-12-8-11-24(19-26)29(34)27-28(33(18-17-32(3)4)31(36)30(27)35)23-13-15-25(16-14-23)37-20-22-9-6-5-7-10-22/h5-16,19,21,28,34H,17-18,20H2,1-4H3/b29-27-. The van der Waals surface area contributed by atoms with Gasteiger partial charge in [0.05, 0.1) is 17.7 Å². The highest BCUT2D eigenvalue weighted by Crippen LogP contribution is 2.40. The smallest absolute Gasteiger partial charge is 0.295 e. The van der Waals surface area contributed by atoms with Crippen LogP contribution in [0.1, 0.15) is 36.6 Å². The van der Waals surface area contributed by atoms with E-state index in [0.29, 0.717) is 42.3 Å². The number of aliphatic hydroxyl groups excluding tert-OH is 1. The third-order valence-electron chi connectivity index (χ3n) is 6.25. The van der Waals surface area contributed by atoms with Gasteiger partial charge in [-0.25, -0.2) is 0 Å². The predicted octanol–water partition coefficient (Wildman–Crippen LogP) is 5.04. The van der Waals surface area contributed by atoms with Crippen molar-refractivity contribution in [1.29, 1.82) is 0 Å². The molecule has 0 radical (unpaired) electrons. The molecule has 4 rings (SSSR count). The largest absolute Gasteiger partial charge is 0.507 e. The van der Waals surface area contributed by atoms with Gasteiger partial charge in [0.2, 0.25) is 0 Å². The molecular formula is C31H34N2O5. The number of carbonyl (C=O) groups excluding carboxylic acids is 2. The van der Waals surface area contributed by atoms with Crippen molar-refractivity contribution < 1.29 is 24.2 Å². The number of rotatable bonds is 10. The monoisotopic (exact) mass is 514 g/mol. The van der Waals surface area contributed by atoms with E-state index >= 15 is 0 Å². The first-order valence-electron chi connectivity index (χ1n) is 12.7. The van der Waals surface area contributed by atoms with Crippen LogP contribution < -0.4 is 9.47 Å². The molecule has 1 N–H and O–H groups in total. The van der Waals surface area contributed by atoms with Crippen LogP contribution in [0.4, 0.5) is 0 Å². The van der Waals surface area contributed by atoms with Crippen LogP contribution >= 0.6 is 0 Å². The summed E-state index contributed by atoms with van der Waals surface area (Å²) in [6.07, 6.45) is -0.0494. The Labute approximate surface area is 223 Å². The average molecular weight is 515 g/mol. The van der Waals surface area contributed by atoms with Crippen molar-refractivity contribution in [2.45, 2.75) is 32.6 Å². The lowest BCUT2D eigenvalue weighted by molar-refractivity contribution is -0.140. The lowest BCUT2D eigenvalue weighted by Crippen LogP contribution is -2.35. The Kier molecular flexibility index (Phi) is 8.48. The second-order valence-corrected chi connectivity index (χ2v) is 9.83. The summed E-state index contributed by atoms with van der Waals surface area (Å²) in [5, 5.41) is 11.3. The number of nitrogens with zero attached hydrogens (tertiary/aromatic N) is 2. The van der Waals surface area contributed by atoms with Crippen molar-refractivity contribution in [1.82, 2.24) is 9.80 Å². The summed E-state index contributed by atoms with van der Waals surface area (Å²) in [6.45, 7) is 5.16. The van der Waals surface area contributed by atoms with Gasteiger partial charge in [0.15, 0.2) is 0 Å². The van der Waals surface area contributed by atoms with Gasteiger partial charge in [-0.3, -0.25) is 9.59 Å². The highest BCUT2D eigenvalue weighted by atomic mass is 16.5. The first-order valence-corrected chi connectivity index (χ1v) is 12.7. The van der Waals surface area contributed by atoms with Crippen LogP contribution in [-0.4, -0.2) is 59.9 Å². The maximum absolute atomic E-state index is 13.3. The van der Waals surface area contributed by atoms with E-state index < -0.39 is 17.7 Å². The van der Waals surface area contributed by atoms with Gasteiger partial charge in [-0.05, 0) is 63.3 Å². The van der Waals surface area contributed by atoms with Gasteiger partial charge in [0.25, 0.3) is 11.7 Å². The lowest BCUT2D eigenvalue weighted by Gasteiger charge is -2.26. The number of hydrogen-bond donors (Lipinski definition) is 1. The van der Waals surface area contributed by atoms with Crippen molar-refractivity contribution in [2.75, 3.05) is 27.2 Å². The van der Waals surface area contributed by atoms with Crippen LogP contribution in [0.5, 0.6) is 11.5 Å². The molecule has 0 spiro atoms. The fourth-order valence-electron chi connectivity index (χ4n) is 4.40. The molecule has 198 valence electrons. The Hall–Kier alpha value is -4.10. The van der Waals surface area contributed by atoms with Gasteiger partial charge < -0.3 is 24.4 Å². The van der Waals surface area contributed by atoms with Crippen LogP contribution in [0.25, 0.3) is 5.76 Å². The molecule has 1 saturated heterocycles. The van der Waals surface area contributed by atoms with E-state index in [0.717, 1.165) is 5.56 Å². The molecule has 0 aliphatic carbocycles. The Morgan fingerprint density at radius 1 is 0.947 bits per heavy atom. The number of carbonyl (C=O) groups is 2. The fourth-order valence-corrected chi connectivity index (χ4v) is 4.40. The van der Waals surface area contributed by atoms with Crippen molar-refractivity contribution in [2.24, 2.45) is 0 Å². The zero-order chi connectivity index (χ0) is 27.2. The number of Topliss-reactive ketones (excluding diaryl/α,β-unsaturated/α-hetero) is 1. The predicted molar refractivity (Wildman–Crippen MR) is 147 cm³/mol. The second kappa shape index (κ2) is 12.0. The van der Waals surface area contributed by atoms with Crippen molar-refractivity contribution in [3.63, 3.8) is 0 Å². The van der Waals surface area contributed by atoms with E-state index in [9.17, 15) is 14.7 Å². The second-order valence-electron chi connectivity index (χ2n) is 9.83. The van der Waals surface area contributed by atoms with E-state index in [1.54, 1.807) is 24.3 Å². The van der Waals surface area contributed by atoms with Crippen LogP contribution in [-0.2, 0) is 16.2 Å². The molecule has 1 fully saturated rings. The molecule has 3 aromatic rings. The van der Waals surface area contributed by atoms with Crippen molar-refractivity contribution in [3.05, 3.63) is 101 Å². The number of likely N-dealkylation sites (tertiary alicyclic amines) is 1. The Morgan fingerprint density at radius 2 is 1.66 bits per heavy atom. The van der Waals surface area contributed by atoms with E-state index in [1.165, 1.54) is 4.90 Å². The molecule has 1 unspecified atom stereocenters. The fraction of sp³-hybridized carbons (Fsp3) is 0.290. The summed E-state index contributed by atoms with van der Waals surface area (Å²) >= 11 is 0. The summed E-state index contributed by atoms with van der Waals surface area (Å²) in [6, 6.07) is 23.4. The third-order valence-corrected chi connectivity index (χ3v) is 6.25. The summed E-state index contributed by atoms with van der Waals surface area (Å²) in [4.78, 5) is 29.9. The number of likely N-dealkylation sites (N-methyl/N-ethyl adjacent to an activating group) is 1. The summed E-state index contributed by atoms with van der Waals surface area (Å²) in [7, 11) is 3.81. The van der Waals surface area contributed by atoms with Crippen LogP contribution in [0, 0.1) is 0 Å². The van der Waals surface area contributed by atoms with Crippen LogP contribution in [0.3, 0.4) is 0 Å². The van der Waals surface area contributed by atoms with Gasteiger partial charge in [-0.1, -0.05) is 54.6 Å². The molecule has 1 amide bonds. The topological polar surface area (TPSA) is 79.3 Å². The van der Waals surface area contributed by atoms with E-state index in [-0.39, 0.29) is 17.4 Å². The minimum Gasteiger partial charge on any atom is -0.507 e. The van der Waals surface area contributed by atoms with Crippen molar-refractivity contribution in [3.8, 4) is 11.5 Å². The van der Waals surface area contributed by atoms with Crippen molar-refractivity contribution >= 4 is 17.4 Å². The molecule has 0 bridgehead atoms. The number of ketones is 1. The molecule has 0 aromatic heterocycles. The Balaban J connectivity index is 1.69. The minimum atomic E-state index is -0.729. The zero-order valence-corrected chi connectivity index (χ0v) is 22.3. The molecule has 1 aliphatic rings. The van der Waals surface area contributed by atoms with Gasteiger partial charge in [0.1, 0.15) is 23.9 Å². The third kappa shape index (κ3) is 6.23. The molecule has 1 atom stereocenters. The van der Waals surface area contributed by atoms with E-state index in [1.807, 2.05) is 87.4 Å². The maximum atomic E-state index is 13.3. The Morgan fingerprint density at radius 3 is 2.32 bits per heavy atom. The van der Waals surface area contributed by atoms with Gasteiger partial charge in [-0.2, -0.15) is 0 Å². The number of ether oxygens (including phenoxy) is 2. The number of aliphatic hydroxyl groups is 1. The highest BCUT2D eigenvalue weighted by Gasteiger charge is 2.45. The first-order chi connectivity index (χ1) is 18.2. The zero-order valence-electron chi connectivity index (χ0n) is 22.3. The summed E-state index contributed by atoms with van der Waals surface area (Å²) in [5.41, 5.74) is 2.25. The minimum absolute atomic E-state index is 0.0494. The van der Waals surface area contributed by atoms with Gasteiger partial charge >= 0.3 is 0 Å². The molecule has 7 nitrogen and oxygen atoms in total. The van der Waals surface area contributed by atoms with Crippen LogP contribution in [0.2, 0.25) is 0 Å². The quantitative estimate of drug-likeness (QED) is 0.232. The molecular weight excluding hydrogens is 480 g/mol. The molecule has 1 heterocycles. The lowest BCUT2D eigenvalue weighted by atomic mass is 9.95. The number of benzene rings is 3. The number of amides is 1. The normalized spacial score (nSPS) is 16.9. The SMILES string of the molecule is CC(C)Oc1cccc(/C(O)=C2/C(=O)C(=O)N(CCN(C)C)C2c2ccc(OCc3ccccc3)cc2)c1. The maximum Gasteiger partial charge on any atom is 0.295 e. The molecule has 38 heavy (non-hydrogen) atoms. The Bertz CT molecular complexity index is 1300. The molecule has 3 aromatic carbocycles. The van der Waals surface area contributed by atoms with E-state index in [4.69, 9.17) is 9.47 Å². The summed E-state index contributed by atoms with van der Waals surface area (Å²) < 4.78 is 11.7. The number of hydrogen-bond acceptors (Lipinski definition) is 6. The average Bonchev–Trinajstić information content (AvgIpc) is 3.16. The first kappa shape index (κ1) is 26.9. The van der Waals surface area contributed by atoms with Gasteiger partial charge in [0, 0.05) is 18.7 Å². The van der Waals surface area contributed by atoms with E-state index in [2.05, 4.69) is 0 Å². The van der Waals surface area contributed by atoms with Gasteiger partial charge in [-0.15, -0.1) is 0 Å². The molecule has 7 heteroatoms. The molecule has 0 saturated carbocycles. The van der Waals surface area contributed by atoms with Crippen LogP contribution in [0.15, 0.2) is 84.4 Å². The summed E-state index contributed by atoms with van der Waals surface area (Å²) in [5.74, 6) is -0.314.